The van der Waals surface area contributed by atoms with Crippen molar-refractivity contribution in [3.63, 3.8) is 0 Å². The summed E-state index contributed by atoms with van der Waals surface area (Å²) in [6.07, 6.45) is 6.91. The summed E-state index contributed by atoms with van der Waals surface area (Å²) in [6, 6.07) is 15.9. The molecule has 25 heavy (non-hydrogen) atoms. The molecule has 0 spiro atoms. The number of pyridine rings is 2. The third-order valence-electron chi connectivity index (χ3n) is 3.92. The van der Waals surface area contributed by atoms with Gasteiger partial charge in [-0.15, -0.1) is 0 Å². The summed E-state index contributed by atoms with van der Waals surface area (Å²) in [7, 11) is 0. The number of carbonyl (C=O) groups excluding carboxylic acids is 1. The summed E-state index contributed by atoms with van der Waals surface area (Å²) >= 11 is 0. The van der Waals surface area contributed by atoms with Gasteiger partial charge in [-0.1, -0.05) is 30.3 Å². The monoisotopic (exact) mass is 332 g/mol. The second-order valence-electron chi connectivity index (χ2n) is 5.76. The molecular weight excluding hydrogens is 312 g/mol. The number of rotatable bonds is 6. The van der Waals surface area contributed by atoms with Crippen LogP contribution in [0, 0.1) is 0 Å². The molecule has 1 aromatic carbocycles. The summed E-state index contributed by atoms with van der Waals surface area (Å²) < 4.78 is 0. The largest absolute Gasteiger partial charge is 0.324 e. The minimum Gasteiger partial charge on any atom is -0.324 e. The lowest BCUT2D eigenvalue weighted by Gasteiger charge is -2.15. The Bertz CT molecular complexity index is 804. The molecular formula is C20H20N4O. The Hall–Kier alpha value is -3.05. The van der Waals surface area contributed by atoms with Gasteiger partial charge in [0.1, 0.15) is 0 Å². The van der Waals surface area contributed by atoms with Gasteiger partial charge < -0.3 is 10.6 Å². The molecule has 2 aromatic heterocycles. The number of nitrogens with one attached hydrogen (secondary N) is 2. The van der Waals surface area contributed by atoms with Gasteiger partial charge in [-0.2, -0.15) is 0 Å². The van der Waals surface area contributed by atoms with Crippen LogP contribution in [0.3, 0.4) is 0 Å². The number of aromatic nitrogens is 2. The quantitative estimate of drug-likeness (QED) is 0.726. The van der Waals surface area contributed by atoms with Crippen LogP contribution >= 0.6 is 0 Å². The maximum Gasteiger partial charge on any atom is 0.238 e. The fraction of sp³-hybridized carbons (Fsp3) is 0.150. The number of amides is 1. The molecule has 1 amide bonds. The van der Waals surface area contributed by atoms with E-state index < -0.39 is 0 Å². The fourth-order valence-electron chi connectivity index (χ4n) is 2.50. The highest BCUT2D eigenvalue weighted by atomic mass is 16.1. The fourth-order valence-corrected chi connectivity index (χ4v) is 2.50. The maximum atomic E-state index is 12.0. The zero-order valence-corrected chi connectivity index (χ0v) is 14.0. The highest BCUT2D eigenvalue weighted by molar-refractivity contribution is 5.92. The van der Waals surface area contributed by atoms with Crippen molar-refractivity contribution in [2.45, 2.75) is 13.0 Å². The van der Waals surface area contributed by atoms with Gasteiger partial charge in [-0.05, 0) is 41.8 Å². The topological polar surface area (TPSA) is 66.9 Å². The Kier molecular flexibility index (Phi) is 5.49. The van der Waals surface area contributed by atoms with Crippen molar-refractivity contribution in [3.8, 4) is 11.1 Å². The van der Waals surface area contributed by atoms with Gasteiger partial charge in [0, 0.05) is 24.6 Å². The van der Waals surface area contributed by atoms with Gasteiger partial charge in [-0.25, -0.2) is 0 Å². The first-order valence-corrected chi connectivity index (χ1v) is 8.16. The van der Waals surface area contributed by atoms with E-state index in [0.717, 1.165) is 16.7 Å². The van der Waals surface area contributed by atoms with E-state index in [4.69, 9.17) is 0 Å². The number of hydrogen-bond donors (Lipinski definition) is 2. The highest BCUT2D eigenvalue weighted by Gasteiger charge is 2.08. The summed E-state index contributed by atoms with van der Waals surface area (Å²) in [4.78, 5) is 20.1. The van der Waals surface area contributed by atoms with Crippen LogP contribution in [-0.2, 0) is 4.79 Å². The molecule has 0 saturated carbocycles. The minimum atomic E-state index is -0.0909. The zero-order chi connectivity index (χ0) is 17.5. The second-order valence-corrected chi connectivity index (χ2v) is 5.76. The SMILES string of the molecule is C[C@@H](NCC(=O)Nc1cccnc1)c1ccc(-c2cccnc2)cc1. The number of carbonyl (C=O) groups is 1. The molecule has 3 aromatic rings. The van der Waals surface area contributed by atoms with Crippen molar-refractivity contribution in [2.75, 3.05) is 11.9 Å². The Morgan fingerprint density at radius 2 is 1.68 bits per heavy atom. The normalized spacial score (nSPS) is 11.7. The van der Waals surface area contributed by atoms with Crippen molar-refractivity contribution in [3.05, 3.63) is 78.9 Å². The molecule has 3 rings (SSSR count). The minimum absolute atomic E-state index is 0.0718. The molecule has 5 nitrogen and oxygen atoms in total. The molecule has 0 aliphatic rings. The van der Waals surface area contributed by atoms with E-state index in [9.17, 15) is 4.79 Å². The molecule has 2 N–H and O–H groups in total. The number of nitrogens with zero attached hydrogens (tertiary/aromatic N) is 2. The van der Waals surface area contributed by atoms with E-state index in [1.54, 1.807) is 24.7 Å². The highest BCUT2D eigenvalue weighted by Crippen LogP contribution is 2.21. The third kappa shape index (κ3) is 4.71. The smallest absolute Gasteiger partial charge is 0.238 e. The molecule has 2 heterocycles. The lowest BCUT2D eigenvalue weighted by atomic mass is 10.0. The lowest BCUT2D eigenvalue weighted by Crippen LogP contribution is -2.30. The first-order chi connectivity index (χ1) is 12.2. The summed E-state index contributed by atoms with van der Waals surface area (Å²) in [5.41, 5.74) is 4.04. The molecule has 1 atom stereocenters. The van der Waals surface area contributed by atoms with Crippen molar-refractivity contribution < 1.29 is 4.79 Å². The van der Waals surface area contributed by atoms with Gasteiger partial charge in [0.25, 0.3) is 0 Å². The number of hydrogen-bond acceptors (Lipinski definition) is 4. The number of anilines is 1. The van der Waals surface area contributed by atoms with E-state index >= 15 is 0 Å². The van der Waals surface area contributed by atoms with Gasteiger partial charge in [-0.3, -0.25) is 14.8 Å². The maximum absolute atomic E-state index is 12.0. The summed E-state index contributed by atoms with van der Waals surface area (Å²) in [6.45, 7) is 2.27. The first kappa shape index (κ1) is 16.8. The van der Waals surface area contributed by atoms with E-state index in [-0.39, 0.29) is 18.5 Å². The van der Waals surface area contributed by atoms with E-state index in [1.165, 1.54) is 0 Å². The Morgan fingerprint density at radius 1 is 0.960 bits per heavy atom. The van der Waals surface area contributed by atoms with Crippen LogP contribution in [-0.4, -0.2) is 22.4 Å². The van der Waals surface area contributed by atoms with Crippen LogP contribution in [0.5, 0.6) is 0 Å². The Labute approximate surface area is 147 Å². The standard InChI is InChI=1S/C20H20N4O/c1-15(23-14-20(25)24-19-5-3-11-22-13-19)16-6-8-17(9-7-16)18-4-2-10-21-12-18/h2-13,15,23H,14H2,1H3,(H,24,25)/t15-/m1/s1. The molecule has 0 aliphatic carbocycles. The predicted molar refractivity (Wildman–Crippen MR) is 99.0 cm³/mol. The first-order valence-electron chi connectivity index (χ1n) is 8.16. The van der Waals surface area contributed by atoms with Crippen molar-refractivity contribution in [2.24, 2.45) is 0 Å². The molecule has 0 unspecified atom stereocenters. The van der Waals surface area contributed by atoms with E-state index in [2.05, 4.69) is 44.9 Å². The summed E-state index contributed by atoms with van der Waals surface area (Å²) in [5, 5.41) is 6.04. The predicted octanol–water partition coefficient (Wildman–Crippen LogP) is 3.43. The molecule has 0 fully saturated rings. The van der Waals surface area contributed by atoms with Gasteiger partial charge in [0.2, 0.25) is 5.91 Å². The van der Waals surface area contributed by atoms with Gasteiger partial charge in [0.05, 0.1) is 18.4 Å². The van der Waals surface area contributed by atoms with Gasteiger partial charge in [0.15, 0.2) is 0 Å². The van der Waals surface area contributed by atoms with Crippen LogP contribution in [0.2, 0.25) is 0 Å². The van der Waals surface area contributed by atoms with Crippen LogP contribution in [0.25, 0.3) is 11.1 Å². The molecule has 126 valence electrons. The van der Waals surface area contributed by atoms with Crippen LogP contribution in [0.4, 0.5) is 5.69 Å². The van der Waals surface area contributed by atoms with Crippen molar-refractivity contribution in [1.29, 1.82) is 0 Å². The Balaban J connectivity index is 1.54. The van der Waals surface area contributed by atoms with Crippen LogP contribution < -0.4 is 10.6 Å². The zero-order valence-electron chi connectivity index (χ0n) is 14.0. The number of benzene rings is 1. The van der Waals surface area contributed by atoms with Crippen LogP contribution in [0.15, 0.2) is 73.3 Å². The third-order valence-corrected chi connectivity index (χ3v) is 3.92. The molecule has 0 aliphatic heterocycles. The van der Waals surface area contributed by atoms with E-state index in [1.807, 2.05) is 31.3 Å². The van der Waals surface area contributed by atoms with Crippen molar-refractivity contribution in [1.82, 2.24) is 15.3 Å². The van der Waals surface area contributed by atoms with Crippen molar-refractivity contribution >= 4 is 11.6 Å². The molecule has 0 saturated heterocycles. The molecule has 5 heteroatoms. The van der Waals surface area contributed by atoms with Crippen LogP contribution in [0.1, 0.15) is 18.5 Å². The average molecular weight is 332 g/mol. The lowest BCUT2D eigenvalue weighted by molar-refractivity contribution is -0.115. The van der Waals surface area contributed by atoms with E-state index in [0.29, 0.717) is 5.69 Å². The summed E-state index contributed by atoms with van der Waals surface area (Å²) in [5.74, 6) is -0.0909. The molecule has 0 bridgehead atoms. The molecule has 0 radical (unpaired) electrons. The Morgan fingerprint density at radius 3 is 2.32 bits per heavy atom. The second kappa shape index (κ2) is 8.17. The van der Waals surface area contributed by atoms with Gasteiger partial charge >= 0.3 is 0 Å². The average Bonchev–Trinajstić information content (AvgIpc) is 2.68.